The minimum atomic E-state index is -0.470. The van der Waals surface area contributed by atoms with E-state index in [0.29, 0.717) is 28.0 Å². The monoisotopic (exact) mass is 608 g/mol. The Morgan fingerprint density at radius 2 is 0.936 bits per heavy atom. The van der Waals surface area contributed by atoms with Gasteiger partial charge in [0.15, 0.2) is 0 Å². The topological polar surface area (TPSA) is 17.8 Å². The fourth-order valence-corrected chi connectivity index (χ4v) is 6.61. The second kappa shape index (κ2) is 11.3. The Bertz CT molecular complexity index is 3020. The lowest BCUT2D eigenvalue weighted by atomic mass is 9.84. The Balaban J connectivity index is 1.30. The molecule has 0 bridgehead atoms. The van der Waals surface area contributed by atoms with E-state index in [1.165, 1.54) is 0 Å². The molecule has 0 N–H and O–H groups in total. The molecule has 1 heterocycles. The smallest absolute Gasteiger partial charge is 0.146 e. The van der Waals surface area contributed by atoms with E-state index in [2.05, 4.69) is 24.3 Å². The number of hydrogen-bond donors (Lipinski definition) is 0. The Hall–Kier alpha value is -6.25. The van der Waals surface area contributed by atoms with E-state index < -0.39 is 24.2 Å². The molecular formula is C45H30N2. The fourth-order valence-electron chi connectivity index (χ4n) is 6.61. The molecule has 0 aliphatic rings. The Morgan fingerprint density at radius 3 is 1.60 bits per heavy atom. The third-order valence-electron chi connectivity index (χ3n) is 8.60. The Labute approximate surface area is 287 Å². The molecule has 2 nitrogen and oxygen atoms in total. The Kier molecular flexibility index (Phi) is 4.48. The number of imidazole rings is 1. The molecule has 2 heteroatoms. The first-order valence-electron chi connectivity index (χ1n) is 20.2. The van der Waals surface area contributed by atoms with Gasteiger partial charge in [-0.15, -0.1) is 0 Å². The van der Waals surface area contributed by atoms with E-state index in [4.69, 9.17) is 18.7 Å². The van der Waals surface area contributed by atoms with Gasteiger partial charge in [-0.3, -0.25) is 4.57 Å². The van der Waals surface area contributed by atoms with E-state index in [0.717, 1.165) is 43.8 Å². The molecule has 1 aromatic heterocycles. The third kappa shape index (κ3) is 4.54. The normalized spacial score (nSPS) is 14.4. The van der Waals surface area contributed by atoms with Crippen LogP contribution in [-0.4, -0.2) is 9.55 Å². The predicted molar refractivity (Wildman–Crippen MR) is 198 cm³/mol. The van der Waals surface area contributed by atoms with Gasteiger partial charge in [0.1, 0.15) is 5.82 Å². The van der Waals surface area contributed by atoms with Gasteiger partial charge >= 0.3 is 0 Å². The van der Waals surface area contributed by atoms with Gasteiger partial charge in [-0.05, 0) is 79.1 Å². The largest absolute Gasteiger partial charge is 0.292 e. The van der Waals surface area contributed by atoms with Crippen molar-refractivity contribution in [3.05, 3.63) is 182 Å². The highest BCUT2D eigenvalue weighted by atomic mass is 15.1. The summed E-state index contributed by atoms with van der Waals surface area (Å²) in [5, 5.41) is 3.80. The lowest BCUT2D eigenvalue weighted by Crippen LogP contribution is -1.99. The molecule has 9 rings (SSSR count). The van der Waals surface area contributed by atoms with E-state index in [9.17, 15) is 0 Å². The first kappa shape index (κ1) is 18.7. The standard InChI is InChI=1S/C45H30N2/c1-3-15-31(16-4-1)32-27-29-33(30-28-32)43-35-19-7-9-21-37(35)44(38-22-10-8-20-36(38)43)39-23-11-12-24-40(39)45-46-41-25-13-14-26-42(41)47(45)34-17-5-2-6-18-34/h1-30H/i1D,2D,3D,4D,5D,6D,15D,16D,17D,18D. The summed E-state index contributed by atoms with van der Waals surface area (Å²) in [6.45, 7) is 0. The zero-order valence-corrected chi connectivity index (χ0v) is 24.9. The average Bonchev–Trinajstić information content (AvgIpc) is 3.62. The van der Waals surface area contributed by atoms with Crippen molar-refractivity contribution in [3.8, 4) is 50.5 Å². The summed E-state index contributed by atoms with van der Waals surface area (Å²) in [7, 11) is 0. The number of aromatic nitrogens is 2. The van der Waals surface area contributed by atoms with Gasteiger partial charge in [-0.1, -0.05) is 158 Å². The summed E-state index contributed by atoms with van der Waals surface area (Å²) >= 11 is 0. The third-order valence-corrected chi connectivity index (χ3v) is 8.60. The molecule has 0 spiro atoms. The van der Waals surface area contributed by atoms with Gasteiger partial charge in [0.25, 0.3) is 0 Å². The second-order valence-electron chi connectivity index (χ2n) is 11.2. The van der Waals surface area contributed by atoms with Gasteiger partial charge in [-0.25, -0.2) is 4.98 Å². The molecule has 0 atom stereocenters. The molecule has 0 fully saturated rings. The van der Waals surface area contributed by atoms with Crippen molar-refractivity contribution >= 4 is 32.6 Å². The average molecular weight is 609 g/mol. The molecule has 0 aliphatic heterocycles. The van der Waals surface area contributed by atoms with Crippen LogP contribution in [0.5, 0.6) is 0 Å². The minimum absolute atomic E-state index is 0.0108. The van der Waals surface area contributed by atoms with Crippen molar-refractivity contribution in [2.24, 2.45) is 0 Å². The maximum absolute atomic E-state index is 8.93. The van der Waals surface area contributed by atoms with Crippen LogP contribution >= 0.6 is 0 Å². The van der Waals surface area contributed by atoms with E-state index >= 15 is 0 Å². The number of rotatable bonds is 5. The van der Waals surface area contributed by atoms with Crippen molar-refractivity contribution in [1.82, 2.24) is 9.55 Å². The number of hydrogen-bond acceptors (Lipinski definition) is 1. The maximum Gasteiger partial charge on any atom is 0.146 e. The van der Waals surface area contributed by atoms with Crippen LogP contribution in [0, 0.1) is 0 Å². The van der Waals surface area contributed by atoms with Crippen LogP contribution in [0.25, 0.3) is 83.0 Å². The lowest BCUT2D eigenvalue weighted by Gasteiger charge is -2.20. The van der Waals surface area contributed by atoms with Gasteiger partial charge in [0.2, 0.25) is 0 Å². The number of nitrogens with zero attached hydrogens (tertiary/aromatic N) is 2. The number of para-hydroxylation sites is 3. The first-order chi connectivity index (χ1) is 27.5. The van der Waals surface area contributed by atoms with Crippen LogP contribution in [0.4, 0.5) is 0 Å². The first-order valence-corrected chi connectivity index (χ1v) is 15.2. The summed E-state index contributed by atoms with van der Waals surface area (Å²) in [6.07, 6.45) is 0. The zero-order valence-electron chi connectivity index (χ0n) is 34.9. The van der Waals surface area contributed by atoms with Crippen molar-refractivity contribution in [1.29, 1.82) is 0 Å². The van der Waals surface area contributed by atoms with Crippen LogP contribution < -0.4 is 0 Å². The molecule has 0 aliphatic carbocycles. The summed E-state index contributed by atoms with van der Waals surface area (Å²) in [5.74, 6) is 0.422. The van der Waals surface area contributed by atoms with Crippen LogP contribution in [0.3, 0.4) is 0 Å². The summed E-state index contributed by atoms with van der Waals surface area (Å²) in [6, 6.07) is 35.1. The highest BCUT2D eigenvalue weighted by Gasteiger charge is 2.22. The molecule has 0 saturated heterocycles. The number of benzene rings is 8. The van der Waals surface area contributed by atoms with Crippen molar-refractivity contribution in [2.45, 2.75) is 0 Å². The highest BCUT2D eigenvalue weighted by molar-refractivity contribution is 6.22. The van der Waals surface area contributed by atoms with Gasteiger partial charge in [-0.2, -0.15) is 0 Å². The van der Waals surface area contributed by atoms with Gasteiger partial charge in [0, 0.05) is 11.3 Å². The van der Waals surface area contributed by atoms with Gasteiger partial charge in [0.05, 0.1) is 24.7 Å². The molecule has 0 unspecified atom stereocenters. The minimum Gasteiger partial charge on any atom is -0.292 e. The second-order valence-corrected chi connectivity index (χ2v) is 11.2. The quantitative estimate of drug-likeness (QED) is 0.178. The van der Waals surface area contributed by atoms with E-state index in [1.807, 2.05) is 84.9 Å². The number of fused-ring (bicyclic) bond motifs is 3. The predicted octanol–water partition coefficient (Wildman–Crippen LogP) is 12.0. The molecule has 9 aromatic rings. The molecule has 220 valence electrons. The van der Waals surface area contributed by atoms with E-state index in [-0.39, 0.29) is 47.5 Å². The molecule has 0 amide bonds. The van der Waals surface area contributed by atoms with E-state index in [1.54, 1.807) is 16.7 Å². The Morgan fingerprint density at radius 1 is 0.426 bits per heavy atom. The van der Waals surface area contributed by atoms with Crippen LogP contribution in [-0.2, 0) is 0 Å². The fraction of sp³-hybridized carbons (Fsp3) is 0. The zero-order chi connectivity index (χ0) is 39.9. The van der Waals surface area contributed by atoms with Crippen LogP contribution in [0.2, 0.25) is 0 Å². The molecule has 0 radical (unpaired) electrons. The highest BCUT2D eigenvalue weighted by Crippen LogP contribution is 2.46. The lowest BCUT2D eigenvalue weighted by molar-refractivity contribution is 1.10. The van der Waals surface area contributed by atoms with Crippen molar-refractivity contribution < 1.29 is 13.7 Å². The maximum atomic E-state index is 8.93. The van der Waals surface area contributed by atoms with Crippen molar-refractivity contribution in [2.75, 3.05) is 0 Å². The van der Waals surface area contributed by atoms with Gasteiger partial charge < -0.3 is 0 Å². The molecule has 47 heavy (non-hydrogen) atoms. The van der Waals surface area contributed by atoms with Crippen LogP contribution in [0.1, 0.15) is 13.7 Å². The summed E-state index contributed by atoms with van der Waals surface area (Å²) in [5.41, 5.74) is 6.16. The van der Waals surface area contributed by atoms with Crippen LogP contribution in [0.15, 0.2) is 182 Å². The van der Waals surface area contributed by atoms with Crippen molar-refractivity contribution in [3.63, 3.8) is 0 Å². The summed E-state index contributed by atoms with van der Waals surface area (Å²) < 4.78 is 86.2. The molecule has 0 saturated carbocycles. The molecular weight excluding hydrogens is 569 g/mol. The molecule has 8 aromatic carbocycles. The summed E-state index contributed by atoms with van der Waals surface area (Å²) in [4.78, 5) is 5.06. The SMILES string of the molecule is [2H]c1c([2H])c([2H])c(-c2ccc(-c3c4ccccc4c(-c4ccccc4-c4nc5ccccc5n4-c4c([2H])c([2H])c([2H])c([2H])c4[2H])c4ccccc34)cc2)c([2H])c1[2H].